The molecule has 1 amide bonds. The molecule has 1 saturated carbocycles. The summed E-state index contributed by atoms with van der Waals surface area (Å²) in [7, 11) is -3.24. The smallest absolute Gasteiger partial charge is 0.227 e. The van der Waals surface area contributed by atoms with Crippen LogP contribution in [0.5, 0.6) is 0 Å². The standard InChI is InChI=1S/C19H24ClNO3S/c1-14-7-8-16(12-18(14)20)21(17-9-10-25(23,24)13-17)19(22)11-15-5-3-2-4-6-15/h7-10,12,15,17H,2-6,11,13H2,1H3/t17-/m1/s1. The molecule has 0 spiro atoms. The summed E-state index contributed by atoms with van der Waals surface area (Å²) in [5, 5.41) is 1.80. The molecule has 0 aromatic heterocycles. The summed E-state index contributed by atoms with van der Waals surface area (Å²) in [5.41, 5.74) is 1.60. The Morgan fingerprint density at radius 1 is 1.24 bits per heavy atom. The SMILES string of the molecule is Cc1ccc(N(C(=O)CC2CCCCC2)[C@@H]2C=CS(=O)(=O)C2)cc1Cl. The van der Waals surface area contributed by atoms with Crippen molar-refractivity contribution in [1.82, 2.24) is 0 Å². The molecule has 25 heavy (non-hydrogen) atoms. The first-order valence-electron chi connectivity index (χ1n) is 8.85. The van der Waals surface area contributed by atoms with Gasteiger partial charge < -0.3 is 4.90 Å². The van der Waals surface area contributed by atoms with Gasteiger partial charge in [0.1, 0.15) is 0 Å². The third-order valence-electron chi connectivity index (χ3n) is 5.13. The lowest BCUT2D eigenvalue weighted by Gasteiger charge is -2.30. The minimum Gasteiger partial charge on any atom is -0.304 e. The van der Waals surface area contributed by atoms with E-state index in [9.17, 15) is 13.2 Å². The molecule has 1 fully saturated rings. The Morgan fingerprint density at radius 3 is 2.56 bits per heavy atom. The first-order chi connectivity index (χ1) is 11.9. The van der Waals surface area contributed by atoms with Gasteiger partial charge in [-0.3, -0.25) is 4.79 Å². The van der Waals surface area contributed by atoms with Gasteiger partial charge in [-0.25, -0.2) is 8.42 Å². The highest BCUT2D eigenvalue weighted by Crippen LogP contribution is 2.31. The maximum atomic E-state index is 13.1. The van der Waals surface area contributed by atoms with Crippen LogP contribution in [0.25, 0.3) is 0 Å². The topological polar surface area (TPSA) is 54.5 Å². The molecule has 1 aliphatic carbocycles. The van der Waals surface area contributed by atoms with Crippen LogP contribution in [-0.4, -0.2) is 26.1 Å². The van der Waals surface area contributed by atoms with E-state index in [0.717, 1.165) is 18.4 Å². The van der Waals surface area contributed by atoms with E-state index in [1.807, 2.05) is 19.1 Å². The molecule has 0 unspecified atom stereocenters. The molecule has 1 aliphatic heterocycles. The van der Waals surface area contributed by atoms with Gasteiger partial charge in [0.25, 0.3) is 0 Å². The van der Waals surface area contributed by atoms with E-state index >= 15 is 0 Å². The van der Waals surface area contributed by atoms with Gasteiger partial charge >= 0.3 is 0 Å². The monoisotopic (exact) mass is 381 g/mol. The lowest BCUT2D eigenvalue weighted by Crippen LogP contribution is -2.42. The number of hydrogen-bond acceptors (Lipinski definition) is 3. The number of anilines is 1. The molecule has 0 saturated heterocycles. The Bertz CT molecular complexity index is 782. The Kier molecular flexibility index (Phi) is 5.54. The van der Waals surface area contributed by atoms with Crippen molar-refractivity contribution >= 4 is 33.0 Å². The van der Waals surface area contributed by atoms with Gasteiger partial charge in [0.05, 0.1) is 11.8 Å². The van der Waals surface area contributed by atoms with Gasteiger partial charge in [-0.05, 0) is 49.5 Å². The molecule has 136 valence electrons. The van der Waals surface area contributed by atoms with Gasteiger partial charge in [0.2, 0.25) is 5.91 Å². The minimum absolute atomic E-state index is 0.0152. The molecule has 1 atom stereocenters. The van der Waals surface area contributed by atoms with Gasteiger partial charge in [0.15, 0.2) is 9.84 Å². The zero-order valence-corrected chi connectivity index (χ0v) is 16.0. The first kappa shape index (κ1) is 18.5. The average Bonchev–Trinajstić information content (AvgIpc) is 2.91. The molecule has 0 N–H and O–H groups in total. The van der Waals surface area contributed by atoms with E-state index in [-0.39, 0.29) is 11.7 Å². The number of carbonyl (C=O) groups excluding carboxylic acids is 1. The van der Waals surface area contributed by atoms with E-state index in [1.54, 1.807) is 17.0 Å². The molecule has 4 nitrogen and oxygen atoms in total. The van der Waals surface area contributed by atoms with Crippen LogP contribution in [-0.2, 0) is 14.6 Å². The second-order valence-electron chi connectivity index (χ2n) is 7.13. The zero-order chi connectivity index (χ0) is 18.0. The van der Waals surface area contributed by atoms with Gasteiger partial charge in [0, 0.05) is 22.5 Å². The van der Waals surface area contributed by atoms with E-state index in [1.165, 1.54) is 24.7 Å². The number of benzene rings is 1. The number of carbonyl (C=O) groups is 1. The van der Waals surface area contributed by atoms with Crippen LogP contribution in [0.4, 0.5) is 5.69 Å². The molecule has 0 radical (unpaired) electrons. The Morgan fingerprint density at radius 2 is 1.96 bits per heavy atom. The highest BCUT2D eigenvalue weighted by molar-refractivity contribution is 7.94. The summed E-state index contributed by atoms with van der Waals surface area (Å²) in [6, 6.07) is 5.01. The Labute approximate surface area is 154 Å². The summed E-state index contributed by atoms with van der Waals surface area (Å²) in [5.74, 6) is 0.319. The molecule has 1 aromatic rings. The predicted octanol–water partition coefficient (Wildman–Crippen LogP) is 4.26. The van der Waals surface area contributed by atoms with Crippen molar-refractivity contribution in [2.45, 2.75) is 51.5 Å². The van der Waals surface area contributed by atoms with Crippen LogP contribution in [0.15, 0.2) is 29.7 Å². The number of sulfone groups is 1. The van der Waals surface area contributed by atoms with Crippen LogP contribution < -0.4 is 4.90 Å². The highest BCUT2D eigenvalue weighted by atomic mass is 35.5. The van der Waals surface area contributed by atoms with Crippen LogP contribution in [0, 0.1) is 12.8 Å². The fraction of sp³-hybridized carbons (Fsp3) is 0.526. The maximum Gasteiger partial charge on any atom is 0.227 e. The van der Waals surface area contributed by atoms with Gasteiger partial charge in [-0.2, -0.15) is 0 Å². The molecule has 6 heteroatoms. The van der Waals surface area contributed by atoms with Crippen molar-refractivity contribution in [2.24, 2.45) is 5.92 Å². The predicted molar refractivity (Wildman–Crippen MR) is 102 cm³/mol. The van der Waals surface area contributed by atoms with Crippen molar-refractivity contribution in [3.8, 4) is 0 Å². The minimum atomic E-state index is -3.24. The second-order valence-corrected chi connectivity index (χ2v) is 9.47. The first-order valence-corrected chi connectivity index (χ1v) is 10.9. The van der Waals surface area contributed by atoms with E-state index in [2.05, 4.69) is 0 Å². The zero-order valence-electron chi connectivity index (χ0n) is 14.4. The van der Waals surface area contributed by atoms with Gasteiger partial charge in [-0.1, -0.05) is 36.9 Å². The summed E-state index contributed by atoms with van der Waals surface area (Å²) in [4.78, 5) is 14.7. The normalized spacial score (nSPS) is 22.9. The number of rotatable bonds is 4. The maximum absolute atomic E-state index is 13.1. The van der Waals surface area contributed by atoms with E-state index in [0.29, 0.717) is 23.0 Å². The van der Waals surface area contributed by atoms with E-state index < -0.39 is 15.9 Å². The lowest BCUT2D eigenvalue weighted by molar-refractivity contribution is -0.120. The molecule has 1 heterocycles. The number of amides is 1. The number of nitrogens with zero attached hydrogens (tertiary/aromatic N) is 1. The Balaban J connectivity index is 1.87. The third kappa shape index (κ3) is 4.45. The van der Waals surface area contributed by atoms with Gasteiger partial charge in [-0.15, -0.1) is 0 Å². The van der Waals surface area contributed by atoms with Crippen molar-refractivity contribution in [1.29, 1.82) is 0 Å². The van der Waals surface area contributed by atoms with Crippen molar-refractivity contribution < 1.29 is 13.2 Å². The average molecular weight is 382 g/mol. The second kappa shape index (κ2) is 7.50. The van der Waals surface area contributed by atoms with Crippen LogP contribution in [0.3, 0.4) is 0 Å². The fourth-order valence-electron chi connectivity index (χ4n) is 3.71. The molecular formula is C19H24ClNO3S. The van der Waals surface area contributed by atoms with Crippen LogP contribution in [0.2, 0.25) is 5.02 Å². The number of aryl methyl sites for hydroxylation is 1. The van der Waals surface area contributed by atoms with E-state index in [4.69, 9.17) is 11.6 Å². The number of halogens is 1. The third-order valence-corrected chi connectivity index (χ3v) is 6.92. The van der Waals surface area contributed by atoms with Crippen molar-refractivity contribution in [2.75, 3.05) is 10.7 Å². The lowest BCUT2D eigenvalue weighted by atomic mass is 9.86. The largest absolute Gasteiger partial charge is 0.304 e. The highest BCUT2D eigenvalue weighted by Gasteiger charge is 2.32. The summed E-state index contributed by atoms with van der Waals surface area (Å²) in [6.07, 6.45) is 7.82. The van der Waals surface area contributed by atoms with Crippen LogP contribution >= 0.6 is 11.6 Å². The molecule has 2 aliphatic rings. The molecule has 1 aromatic carbocycles. The van der Waals surface area contributed by atoms with Crippen molar-refractivity contribution in [3.05, 3.63) is 40.3 Å². The molecule has 3 rings (SSSR count). The summed E-state index contributed by atoms with van der Waals surface area (Å²) in [6.45, 7) is 1.90. The molecular weight excluding hydrogens is 358 g/mol. The van der Waals surface area contributed by atoms with Crippen LogP contribution in [0.1, 0.15) is 44.1 Å². The molecule has 0 bridgehead atoms. The fourth-order valence-corrected chi connectivity index (χ4v) is 5.15. The Hall–Kier alpha value is -1.33. The quantitative estimate of drug-likeness (QED) is 0.782. The number of hydrogen-bond donors (Lipinski definition) is 0. The van der Waals surface area contributed by atoms with Crippen molar-refractivity contribution in [3.63, 3.8) is 0 Å². The summed E-state index contributed by atoms with van der Waals surface area (Å²) >= 11 is 6.24. The summed E-state index contributed by atoms with van der Waals surface area (Å²) < 4.78 is 23.7.